The Kier molecular flexibility index (Phi) is 5.11. The Morgan fingerprint density at radius 1 is 1.33 bits per heavy atom. The van der Waals surface area contributed by atoms with Crippen LogP contribution in [0.25, 0.3) is 5.69 Å². The van der Waals surface area contributed by atoms with Gasteiger partial charge in [0.15, 0.2) is 0 Å². The lowest BCUT2D eigenvalue weighted by Crippen LogP contribution is -2.27. The van der Waals surface area contributed by atoms with Crippen molar-refractivity contribution in [1.82, 2.24) is 25.1 Å². The third-order valence-electron chi connectivity index (χ3n) is 3.26. The zero-order chi connectivity index (χ0) is 16.9. The SMILES string of the molecule is CN(Cc1cccs1)C(=O)CSc1nnnn1-c1ccc(O)cc1. The molecular weight excluding hydrogens is 346 g/mol. The van der Waals surface area contributed by atoms with E-state index in [0.717, 1.165) is 10.6 Å². The van der Waals surface area contributed by atoms with Crippen molar-refractivity contribution in [3.63, 3.8) is 0 Å². The summed E-state index contributed by atoms with van der Waals surface area (Å²) in [5, 5.41) is 23.4. The molecule has 9 heteroatoms. The molecule has 0 radical (unpaired) electrons. The van der Waals surface area contributed by atoms with Gasteiger partial charge in [0.1, 0.15) is 5.75 Å². The standard InChI is InChI=1S/C15H15N5O2S2/c1-19(9-13-3-2-8-23-13)14(22)10-24-15-16-17-18-20(15)11-4-6-12(21)7-5-11/h2-8,21H,9-10H2,1H3. The first-order valence-corrected chi connectivity index (χ1v) is 8.97. The number of phenols is 1. The highest BCUT2D eigenvalue weighted by atomic mass is 32.2. The maximum atomic E-state index is 12.3. The van der Waals surface area contributed by atoms with Crippen LogP contribution in [0.4, 0.5) is 0 Å². The first kappa shape index (κ1) is 16.5. The lowest BCUT2D eigenvalue weighted by Gasteiger charge is -2.15. The van der Waals surface area contributed by atoms with Crippen LogP contribution in [0.2, 0.25) is 0 Å². The molecule has 0 unspecified atom stereocenters. The third-order valence-corrected chi connectivity index (χ3v) is 5.02. The smallest absolute Gasteiger partial charge is 0.233 e. The Morgan fingerprint density at radius 2 is 2.12 bits per heavy atom. The topological polar surface area (TPSA) is 84.1 Å². The summed E-state index contributed by atoms with van der Waals surface area (Å²) < 4.78 is 1.54. The number of hydrogen-bond donors (Lipinski definition) is 1. The minimum absolute atomic E-state index is 0.00801. The zero-order valence-corrected chi connectivity index (χ0v) is 14.5. The number of carbonyl (C=O) groups is 1. The van der Waals surface area contributed by atoms with Gasteiger partial charge in [-0.3, -0.25) is 4.79 Å². The van der Waals surface area contributed by atoms with Crippen molar-refractivity contribution in [2.45, 2.75) is 11.7 Å². The van der Waals surface area contributed by atoms with Gasteiger partial charge in [-0.25, -0.2) is 0 Å². The van der Waals surface area contributed by atoms with E-state index in [4.69, 9.17) is 0 Å². The predicted octanol–water partition coefficient (Wildman–Crippen LogP) is 2.18. The van der Waals surface area contributed by atoms with Crippen LogP contribution in [0.5, 0.6) is 5.75 Å². The van der Waals surface area contributed by atoms with Crippen LogP contribution >= 0.6 is 23.1 Å². The molecule has 24 heavy (non-hydrogen) atoms. The second kappa shape index (κ2) is 7.45. The number of nitrogens with zero attached hydrogens (tertiary/aromatic N) is 5. The Bertz CT molecular complexity index is 802. The summed E-state index contributed by atoms with van der Waals surface area (Å²) in [7, 11) is 1.78. The fraction of sp³-hybridized carbons (Fsp3) is 0.200. The van der Waals surface area contributed by atoms with Gasteiger partial charge < -0.3 is 10.0 Å². The van der Waals surface area contributed by atoms with Gasteiger partial charge in [-0.2, -0.15) is 4.68 Å². The second-order valence-corrected chi connectivity index (χ2v) is 6.98. The van der Waals surface area contributed by atoms with Gasteiger partial charge in [-0.05, 0) is 46.1 Å². The maximum Gasteiger partial charge on any atom is 0.233 e. The zero-order valence-electron chi connectivity index (χ0n) is 12.9. The molecule has 0 saturated heterocycles. The van der Waals surface area contributed by atoms with Gasteiger partial charge in [0.2, 0.25) is 11.1 Å². The van der Waals surface area contributed by atoms with Gasteiger partial charge in [0, 0.05) is 11.9 Å². The van der Waals surface area contributed by atoms with Crippen molar-refractivity contribution in [3.8, 4) is 11.4 Å². The number of phenolic OH excluding ortho intramolecular Hbond substituents is 1. The van der Waals surface area contributed by atoms with E-state index in [2.05, 4.69) is 15.5 Å². The third kappa shape index (κ3) is 3.92. The van der Waals surface area contributed by atoms with Crippen molar-refractivity contribution in [2.75, 3.05) is 12.8 Å². The molecule has 0 aliphatic carbocycles. The van der Waals surface area contributed by atoms with Crippen LogP contribution in [0, 0.1) is 0 Å². The van der Waals surface area contributed by atoms with Crippen LogP contribution < -0.4 is 0 Å². The predicted molar refractivity (Wildman–Crippen MR) is 92.3 cm³/mol. The molecule has 0 aliphatic rings. The number of aromatic nitrogens is 4. The van der Waals surface area contributed by atoms with Crippen molar-refractivity contribution < 1.29 is 9.90 Å². The molecule has 3 aromatic rings. The largest absolute Gasteiger partial charge is 0.508 e. The van der Waals surface area contributed by atoms with Crippen molar-refractivity contribution >= 4 is 29.0 Å². The van der Waals surface area contributed by atoms with Crippen LogP contribution in [-0.2, 0) is 11.3 Å². The van der Waals surface area contributed by atoms with E-state index in [1.165, 1.54) is 16.4 Å². The molecule has 0 atom stereocenters. The van der Waals surface area contributed by atoms with E-state index in [1.54, 1.807) is 47.5 Å². The average Bonchev–Trinajstić information content (AvgIpc) is 3.25. The highest BCUT2D eigenvalue weighted by Crippen LogP contribution is 2.20. The summed E-state index contributed by atoms with van der Waals surface area (Å²) in [4.78, 5) is 15.1. The quantitative estimate of drug-likeness (QED) is 0.678. The fourth-order valence-electron chi connectivity index (χ4n) is 1.99. The summed E-state index contributed by atoms with van der Waals surface area (Å²) in [6.07, 6.45) is 0. The van der Waals surface area contributed by atoms with Crippen LogP contribution in [-0.4, -0.2) is 48.9 Å². The average molecular weight is 361 g/mol. The molecule has 1 N–H and O–H groups in total. The Labute approximate surface area is 146 Å². The molecule has 2 heterocycles. The normalized spacial score (nSPS) is 10.7. The molecule has 1 amide bonds. The summed E-state index contributed by atoms with van der Waals surface area (Å²) in [5.41, 5.74) is 0.722. The molecular formula is C15H15N5O2S2. The molecule has 0 spiro atoms. The number of amides is 1. The molecule has 1 aromatic carbocycles. The highest BCUT2D eigenvalue weighted by Gasteiger charge is 2.14. The molecule has 2 aromatic heterocycles. The Hall–Kier alpha value is -2.39. The molecule has 0 fully saturated rings. The first-order chi connectivity index (χ1) is 11.6. The molecule has 0 bridgehead atoms. The van der Waals surface area contributed by atoms with Gasteiger partial charge in [0.05, 0.1) is 18.0 Å². The van der Waals surface area contributed by atoms with E-state index in [-0.39, 0.29) is 17.4 Å². The van der Waals surface area contributed by atoms with Crippen molar-refractivity contribution in [3.05, 3.63) is 46.7 Å². The maximum absolute atomic E-state index is 12.3. The fourth-order valence-corrected chi connectivity index (χ4v) is 3.57. The lowest BCUT2D eigenvalue weighted by atomic mass is 10.3. The van der Waals surface area contributed by atoms with Gasteiger partial charge >= 0.3 is 0 Å². The monoisotopic (exact) mass is 361 g/mol. The van der Waals surface area contributed by atoms with Gasteiger partial charge in [-0.1, -0.05) is 17.8 Å². The number of rotatable bonds is 6. The minimum Gasteiger partial charge on any atom is -0.508 e. The van der Waals surface area contributed by atoms with Crippen LogP contribution in [0.15, 0.2) is 46.9 Å². The molecule has 7 nitrogen and oxygen atoms in total. The van der Waals surface area contributed by atoms with Gasteiger partial charge in [0.25, 0.3) is 0 Å². The summed E-state index contributed by atoms with van der Waals surface area (Å²) in [6, 6.07) is 10.5. The first-order valence-electron chi connectivity index (χ1n) is 7.10. The number of thioether (sulfide) groups is 1. The molecule has 3 rings (SSSR count). The Balaban J connectivity index is 1.62. The van der Waals surface area contributed by atoms with Gasteiger partial charge in [-0.15, -0.1) is 16.4 Å². The lowest BCUT2D eigenvalue weighted by molar-refractivity contribution is -0.127. The number of thiophene rings is 1. The summed E-state index contributed by atoms with van der Waals surface area (Å²) in [5.74, 6) is 0.431. The van der Waals surface area contributed by atoms with E-state index in [9.17, 15) is 9.90 Å². The molecule has 0 aliphatic heterocycles. The number of benzene rings is 1. The summed E-state index contributed by atoms with van der Waals surface area (Å²) in [6.45, 7) is 0.597. The number of aromatic hydroxyl groups is 1. The number of carbonyl (C=O) groups excluding carboxylic acids is 1. The number of tetrazole rings is 1. The Morgan fingerprint density at radius 3 is 2.83 bits per heavy atom. The van der Waals surface area contributed by atoms with E-state index in [1.807, 2.05) is 17.5 Å². The van der Waals surface area contributed by atoms with E-state index < -0.39 is 0 Å². The van der Waals surface area contributed by atoms with Crippen LogP contribution in [0.3, 0.4) is 0 Å². The van der Waals surface area contributed by atoms with Crippen molar-refractivity contribution in [1.29, 1.82) is 0 Å². The summed E-state index contributed by atoms with van der Waals surface area (Å²) >= 11 is 2.91. The molecule has 0 saturated carbocycles. The van der Waals surface area contributed by atoms with Crippen molar-refractivity contribution in [2.24, 2.45) is 0 Å². The minimum atomic E-state index is 0.00801. The van der Waals surface area contributed by atoms with E-state index in [0.29, 0.717) is 11.7 Å². The number of hydrogen-bond acceptors (Lipinski definition) is 7. The highest BCUT2D eigenvalue weighted by molar-refractivity contribution is 7.99. The van der Waals surface area contributed by atoms with Crippen LogP contribution in [0.1, 0.15) is 4.88 Å². The molecule has 124 valence electrons. The van der Waals surface area contributed by atoms with E-state index >= 15 is 0 Å². The second-order valence-electron chi connectivity index (χ2n) is 5.01.